The molecule has 4 rings (SSSR count). The van der Waals surface area contributed by atoms with Crippen LogP contribution in [0.2, 0.25) is 5.02 Å². The lowest BCUT2D eigenvalue weighted by atomic mass is 9.97. The van der Waals surface area contributed by atoms with Crippen molar-refractivity contribution in [1.29, 1.82) is 0 Å². The maximum Gasteiger partial charge on any atom is 0.274 e. The van der Waals surface area contributed by atoms with Crippen LogP contribution in [0.5, 0.6) is 5.75 Å². The van der Waals surface area contributed by atoms with Crippen molar-refractivity contribution in [1.82, 2.24) is 9.88 Å². The summed E-state index contributed by atoms with van der Waals surface area (Å²) in [6.07, 6.45) is 1.49. The van der Waals surface area contributed by atoms with Crippen LogP contribution in [0.4, 0.5) is 14.5 Å². The van der Waals surface area contributed by atoms with Gasteiger partial charge in [-0.05, 0) is 51.7 Å². The van der Waals surface area contributed by atoms with Crippen molar-refractivity contribution in [2.75, 3.05) is 32.6 Å². The third-order valence-electron chi connectivity index (χ3n) is 5.90. The molecule has 1 amide bonds. The number of anilines is 1. The smallest absolute Gasteiger partial charge is 0.274 e. The summed E-state index contributed by atoms with van der Waals surface area (Å²) in [6.45, 7) is 3.32. The molecule has 0 spiro atoms. The Labute approximate surface area is 237 Å². The van der Waals surface area contributed by atoms with Gasteiger partial charge < -0.3 is 24.6 Å². The summed E-state index contributed by atoms with van der Waals surface area (Å²) in [6, 6.07) is 10.6. The van der Waals surface area contributed by atoms with Crippen LogP contribution in [0, 0.1) is 18.6 Å². The minimum atomic E-state index is -0.784. The molecule has 11 heteroatoms. The monoisotopic (exact) mass is 577 g/mol. The molecule has 2 heterocycles. The molecule has 1 aromatic heterocycles. The number of rotatable bonds is 6. The largest absolute Gasteiger partial charge is 0.497 e. The maximum atomic E-state index is 14.4. The third kappa shape index (κ3) is 8.45. The van der Waals surface area contributed by atoms with Crippen molar-refractivity contribution in [3.8, 4) is 5.75 Å². The summed E-state index contributed by atoms with van der Waals surface area (Å²) >= 11 is 5.55. The number of halogens is 3. The van der Waals surface area contributed by atoms with E-state index < -0.39 is 29.2 Å². The van der Waals surface area contributed by atoms with Gasteiger partial charge in [-0.25, -0.2) is 8.78 Å². The Morgan fingerprint density at radius 3 is 2.23 bits per heavy atom. The van der Waals surface area contributed by atoms with Gasteiger partial charge in [0.2, 0.25) is 5.91 Å². The molecule has 2 unspecified atom stereocenters. The van der Waals surface area contributed by atoms with Gasteiger partial charge >= 0.3 is 0 Å². The van der Waals surface area contributed by atoms with E-state index in [0.29, 0.717) is 16.1 Å². The highest BCUT2D eigenvalue weighted by molar-refractivity contribution is 6.30. The van der Waals surface area contributed by atoms with Crippen molar-refractivity contribution < 1.29 is 28.2 Å². The molecular weight excluding hydrogens is 544 g/mol. The first-order valence-electron chi connectivity index (χ1n) is 12.5. The van der Waals surface area contributed by atoms with Gasteiger partial charge in [0.15, 0.2) is 0 Å². The van der Waals surface area contributed by atoms with Crippen molar-refractivity contribution in [2.45, 2.75) is 38.8 Å². The van der Waals surface area contributed by atoms with Crippen molar-refractivity contribution in [2.24, 2.45) is 0 Å². The number of ether oxygens (including phenoxy) is 1. The fourth-order valence-electron chi connectivity index (χ4n) is 4.14. The van der Waals surface area contributed by atoms with Gasteiger partial charge in [-0.1, -0.05) is 23.7 Å². The van der Waals surface area contributed by atoms with Gasteiger partial charge in [-0.2, -0.15) is 0 Å². The lowest BCUT2D eigenvalue weighted by Gasteiger charge is -2.20. The van der Waals surface area contributed by atoms with Gasteiger partial charge in [0.05, 0.1) is 19.8 Å². The molecule has 0 bridgehead atoms. The average molecular weight is 578 g/mol. The number of amides is 1. The zero-order valence-corrected chi connectivity index (χ0v) is 23.8. The molecule has 8 nitrogen and oxygen atoms in total. The number of aldehydes is 1. The van der Waals surface area contributed by atoms with Crippen LogP contribution >= 0.6 is 11.6 Å². The van der Waals surface area contributed by atoms with Gasteiger partial charge in [0.25, 0.3) is 5.56 Å². The van der Waals surface area contributed by atoms with Gasteiger partial charge in [-0.15, -0.1) is 0 Å². The lowest BCUT2D eigenvalue weighted by molar-refractivity contribution is -0.117. The quantitative estimate of drug-likeness (QED) is 0.423. The number of hydrogen-bond donors (Lipinski definition) is 2. The van der Waals surface area contributed by atoms with Crippen LogP contribution in [0.25, 0.3) is 0 Å². The summed E-state index contributed by atoms with van der Waals surface area (Å²) < 4.78 is 35.0. The first kappa shape index (κ1) is 32.6. The minimum absolute atomic E-state index is 0.00618. The SMILES string of the molecule is CNC.COc1cc(F)c(C2CC(=O)N(c3c(C)ccn(CC(C)O)c3=O)C2)c(F)c1.O=Cc1ccc(Cl)cc1. The number of aliphatic hydroxyl groups is 1. The van der Waals surface area contributed by atoms with E-state index in [2.05, 4.69) is 5.32 Å². The van der Waals surface area contributed by atoms with Crippen LogP contribution in [-0.2, 0) is 11.3 Å². The summed E-state index contributed by atoms with van der Waals surface area (Å²) in [7, 11) is 5.06. The highest BCUT2D eigenvalue weighted by Crippen LogP contribution is 2.35. The average Bonchev–Trinajstić information content (AvgIpc) is 3.26. The number of carbonyl (C=O) groups is 2. The van der Waals surface area contributed by atoms with Crippen LogP contribution in [0.3, 0.4) is 0 Å². The first-order valence-corrected chi connectivity index (χ1v) is 12.9. The van der Waals surface area contributed by atoms with E-state index in [1.807, 2.05) is 14.1 Å². The van der Waals surface area contributed by atoms with Crippen LogP contribution in [0.15, 0.2) is 53.5 Å². The Balaban J connectivity index is 0.000000389. The second kappa shape index (κ2) is 15.3. The topological polar surface area (TPSA) is 101 Å². The highest BCUT2D eigenvalue weighted by atomic mass is 35.5. The lowest BCUT2D eigenvalue weighted by Crippen LogP contribution is -2.35. The number of hydrogen-bond acceptors (Lipinski definition) is 6. The number of aryl methyl sites for hydroxylation is 1. The normalized spacial score (nSPS) is 15.0. The Bertz CT molecular complexity index is 1340. The van der Waals surface area contributed by atoms with Gasteiger partial charge in [0, 0.05) is 53.4 Å². The second-order valence-electron chi connectivity index (χ2n) is 9.23. The predicted octanol–water partition coefficient (Wildman–Crippen LogP) is 4.33. The Morgan fingerprint density at radius 1 is 1.15 bits per heavy atom. The summed E-state index contributed by atoms with van der Waals surface area (Å²) in [5.74, 6) is -2.61. The van der Waals surface area contributed by atoms with E-state index in [-0.39, 0.29) is 42.4 Å². The summed E-state index contributed by atoms with van der Waals surface area (Å²) in [5, 5.41) is 13.0. The standard InChI is InChI=1S/C20H22F2N2O4.C7H5ClO.C2H7N/c1-11-4-5-23(9-12(2)25)20(27)19(11)24-10-13(6-17(24)26)18-15(21)7-14(28-3)8-16(18)22;8-7-3-1-6(5-9)2-4-7;1-3-2/h4-5,7-8,12-13,25H,6,9-10H2,1-3H3;1-5H;3H,1-2H3. The molecule has 2 N–H and O–H groups in total. The second-order valence-corrected chi connectivity index (χ2v) is 9.67. The van der Waals surface area contributed by atoms with E-state index in [4.69, 9.17) is 16.3 Å². The molecule has 1 aliphatic rings. The molecule has 1 saturated heterocycles. The molecule has 0 saturated carbocycles. The van der Waals surface area contributed by atoms with Crippen LogP contribution < -0.4 is 20.5 Å². The molecule has 0 aliphatic carbocycles. The number of aliphatic hydroxyl groups excluding tert-OH is 1. The van der Waals surface area contributed by atoms with Crippen molar-refractivity contribution >= 4 is 29.5 Å². The Kier molecular flexibility index (Phi) is 12.4. The molecule has 1 fully saturated rings. The number of benzene rings is 2. The number of carbonyl (C=O) groups excluding carboxylic acids is 2. The molecule has 2 aromatic carbocycles. The zero-order valence-electron chi connectivity index (χ0n) is 23.1. The highest BCUT2D eigenvalue weighted by Gasteiger charge is 2.37. The summed E-state index contributed by atoms with van der Waals surface area (Å²) in [5.41, 5.74) is 0.793. The van der Waals surface area contributed by atoms with Crippen molar-refractivity contribution in [3.63, 3.8) is 0 Å². The van der Waals surface area contributed by atoms with E-state index in [9.17, 15) is 28.3 Å². The van der Waals surface area contributed by atoms with E-state index in [1.54, 1.807) is 50.4 Å². The fraction of sp³-hybridized carbons (Fsp3) is 0.345. The number of nitrogens with one attached hydrogen (secondary N) is 1. The van der Waals surface area contributed by atoms with E-state index >= 15 is 0 Å². The van der Waals surface area contributed by atoms with E-state index in [1.165, 1.54) is 16.6 Å². The van der Waals surface area contributed by atoms with Crippen LogP contribution in [-0.4, -0.2) is 55.7 Å². The van der Waals surface area contributed by atoms with Crippen LogP contribution in [0.1, 0.15) is 40.7 Å². The Hall–Kier alpha value is -3.60. The molecule has 1 aliphatic heterocycles. The molecule has 0 radical (unpaired) electrons. The zero-order chi connectivity index (χ0) is 30.0. The molecular formula is C29H34ClF2N3O5. The van der Waals surface area contributed by atoms with Crippen molar-refractivity contribution in [3.05, 3.63) is 92.4 Å². The first-order chi connectivity index (χ1) is 19.0. The predicted molar refractivity (Wildman–Crippen MR) is 152 cm³/mol. The minimum Gasteiger partial charge on any atom is -0.497 e. The number of methoxy groups -OCH3 is 1. The molecule has 3 aromatic rings. The third-order valence-corrected chi connectivity index (χ3v) is 6.15. The molecule has 40 heavy (non-hydrogen) atoms. The van der Waals surface area contributed by atoms with Gasteiger partial charge in [0.1, 0.15) is 29.4 Å². The molecule has 216 valence electrons. The number of pyridine rings is 1. The fourth-order valence-corrected chi connectivity index (χ4v) is 4.26. The number of aromatic nitrogens is 1. The Morgan fingerprint density at radius 2 is 1.73 bits per heavy atom. The molecule has 2 atom stereocenters. The number of nitrogens with zero attached hydrogens (tertiary/aromatic N) is 2. The maximum absolute atomic E-state index is 14.4. The van der Waals surface area contributed by atoms with E-state index in [0.717, 1.165) is 18.4 Å². The summed E-state index contributed by atoms with van der Waals surface area (Å²) in [4.78, 5) is 36.8. The van der Waals surface area contributed by atoms with Gasteiger partial charge in [-0.3, -0.25) is 14.4 Å².